The van der Waals surface area contributed by atoms with Crippen molar-refractivity contribution in [1.29, 1.82) is 0 Å². The zero-order valence-electron chi connectivity index (χ0n) is 11.0. The summed E-state index contributed by atoms with van der Waals surface area (Å²) in [6.45, 7) is 1.50. The molecule has 98 valence electrons. The molecule has 1 saturated heterocycles. The first-order valence-electron chi connectivity index (χ1n) is 6.71. The van der Waals surface area contributed by atoms with E-state index in [1.54, 1.807) is 0 Å². The van der Waals surface area contributed by atoms with E-state index in [2.05, 4.69) is 24.3 Å². The van der Waals surface area contributed by atoms with Gasteiger partial charge in [0, 0.05) is 18.7 Å². The molecule has 1 N–H and O–H groups in total. The highest BCUT2D eigenvalue weighted by Crippen LogP contribution is 2.33. The smallest absolute Gasteiger partial charge is 0.249 e. The van der Waals surface area contributed by atoms with Crippen LogP contribution in [0, 0.1) is 0 Å². The highest BCUT2D eigenvalue weighted by molar-refractivity contribution is 5.81. The number of hydrogen-bond acceptors (Lipinski definition) is 3. The van der Waals surface area contributed by atoms with Crippen LogP contribution in [0.4, 0.5) is 0 Å². The monoisotopic (exact) mass is 240 g/mol. The topological polar surface area (TPSA) is 41.6 Å². The first-order valence-corrected chi connectivity index (χ1v) is 6.71. The lowest BCUT2D eigenvalue weighted by molar-refractivity contribution is -0.130. The van der Waals surface area contributed by atoms with Gasteiger partial charge in [-0.05, 0) is 39.8 Å². The molecule has 1 amide bonds. The summed E-state index contributed by atoms with van der Waals surface area (Å²) in [5, 5.41) is 3.08. The van der Waals surface area contributed by atoms with E-state index in [1.165, 1.54) is 25.7 Å². The molecule has 0 spiro atoms. The van der Waals surface area contributed by atoms with Crippen molar-refractivity contribution in [3.8, 4) is 0 Å². The number of amides is 1. The van der Waals surface area contributed by atoms with Gasteiger partial charge >= 0.3 is 0 Å². The molecule has 0 radical (unpaired) electrons. The van der Waals surface area contributed by atoms with E-state index in [1.807, 2.05) is 0 Å². The molecule has 1 atom stereocenters. The molecule has 17 heavy (non-hydrogen) atoms. The molecule has 1 heterocycles. The number of carbonyl (C=O) groups is 1. The second-order valence-corrected chi connectivity index (χ2v) is 5.55. The number of hydrogen-bond donors (Lipinski definition) is 1. The fourth-order valence-corrected chi connectivity index (χ4v) is 2.97. The summed E-state index contributed by atoms with van der Waals surface area (Å²) in [4.78, 5) is 14.2. The lowest BCUT2D eigenvalue weighted by Crippen LogP contribution is -2.52. The maximum Gasteiger partial charge on any atom is 0.249 e. The second kappa shape index (κ2) is 5.36. The fourth-order valence-electron chi connectivity index (χ4n) is 2.97. The van der Waals surface area contributed by atoms with Gasteiger partial charge < -0.3 is 15.0 Å². The summed E-state index contributed by atoms with van der Waals surface area (Å²) in [5.74, 6) is 0.0793. The third kappa shape index (κ3) is 2.80. The minimum absolute atomic E-state index is 0.0793. The molecule has 0 aromatic carbocycles. The average Bonchev–Trinajstić information content (AvgIpc) is 2.97. The van der Waals surface area contributed by atoms with Crippen LogP contribution < -0.4 is 5.32 Å². The zero-order chi connectivity index (χ0) is 12.3. The fraction of sp³-hybridized carbons (Fsp3) is 0.923. The third-order valence-corrected chi connectivity index (χ3v) is 4.30. The molecule has 0 bridgehead atoms. The molecule has 2 rings (SSSR count). The van der Waals surface area contributed by atoms with Crippen molar-refractivity contribution in [1.82, 2.24) is 10.2 Å². The van der Waals surface area contributed by atoms with E-state index >= 15 is 0 Å². The van der Waals surface area contributed by atoms with Gasteiger partial charge in [0.1, 0.15) is 6.10 Å². The predicted octanol–water partition coefficient (Wildman–Crippen LogP) is 1.16. The molecule has 2 aliphatic rings. The van der Waals surface area contributed by atoms with Crippen molar-refractivity contribution in [3.63, 3.8) is 0 Å². The third-order valence-electron chi connectivity index (χ3n) is 4.30. The Labute approximate surface area is 104 Å². The van der Waals surface area contributed by atoms with Gasteiger partial charge in [0.05, 0.1) is 0 Å². The Morgan fingerprint density at radius 2 is 2.06 bits per heavy atom. The maximum absolute atomic E-state index is 11.9. The maximum atomic E-state index is 11.9. The molecule has 1 aliphatic heterocycles. The van der Waals surface area contributed by atoms with Crippen LogP contribution in [-0.4, -0.2) is 49.7 Å². The molecule has 1 aliphatic carbocycles. The summed E-state index contributed by atoms with van der Waals surface area (Å²) < 4.78 is 5.40. The highest BCUT2D eigenvalue weighted by atomic mass is 16.5. The van der Waals surface area contributed by atoms with Crippen LogP contribution in [0.15, 0.2) is 0 Å². The Morgan fingerprint density at radius 1 is 1.35 bits per heavy atom. The van der Waals surface area contributed by atoms with Crippen LogP contribution in [0.5, 0.6) is 0 Å². The highest BCUT2D eigenvalue weighted by Gasteiger charge is 2.36. The summed E-state index contributed by atoms with van der Waals surface area (Å²) in [6.07, 6.45) is 6.60. The quantitative estimate of drug-likeness (QED) is 0.801. The second-order valence-electron chi connectivity index (χ2n) is 5.55. The molecule has 1 saturated carbocycles. The van der Waals surface area contributed by atoms with Crippen LogP contribution in [0.25, 0.3) is 0 Å². The van der Waals surface area contributed by atoms with Crippen LogP contribution in [-0.2, 0) is 9.53 Å². The van der Waals surface area contributed by atoms with Crippen molar-refractivity contribution in [2.24, 2.45) is 0 Å². The number of nitrogens with zero attached hydrogens (tertiary/aromatic N) is 1. The van der Waals surface area contributed by atoms with E-state index in [0.717, 1.165) is 26.0 Å². The lowest BCUT2D eigenvalue weighted by atomic mass is 9.96. The molecule has 4 heteroatoms. The van der Waals surface area contributed by atoms with E-state index in [9.17, 15) is 4.79 Å². The molecule has 4 nitrogen and oxygen atoms in total. The van der Waals surface area contributed by atoms with Crippen molar-refractivity contribution >= 4 is 5.91 Å². The van der Waals surface area contributed by atoms with Gasteiger partial charge in [0.15, 0.2) is 0 Å². The van der Waals surface area contributed by atoms with Gasteiger partial charge in [-0.1, -0.05) is 12.8 Å². The number of likely N-dealkylation sites (N-methyl/N-ethyl adjacent to an activating group) is 1. The number of ether oxygens (including phenoxy) is 1. The summed E-state index contributed by atoms with van der Waals surface area (Å²) in [5.41, 5.74) is 0.175. The molecule has 0 unspecified atom stereocenters. The minimum atomic E-state index is -0.199. The molecule has 0 aromatic rings. The number of carbonyl (C=O) groups excluding carboxylic acids is 1. The van der Waals surface area contributed by atoms with Gasteiger partial charge in [-0.15, -0.1) is 0 Å². The Morgan fingerprint density at radius 3 is 2.59 bits per heavy atom. The first kappa shape index (κ1) is 12.8. The predicted molar refractivity (Wildman–Crippen MR) is 66.9 cm³/mol. The average molecular weight is 240 g/mol. The SMILES string of the molecule is CN(C)C1(CNC(=O)[C@H]2CCCO2)CCCC1. The normalized spacial score (nSPS) is 27.6. The van der Waals surface area contributed by atoms with E-state index in [4.69, 9.17) is 4.74 Å². The van der Waals surface area contributed by atoms with Crippen molar-refractivity contribution < 1.29 is 9.53 Å². The van der Waals surface area contributed by atoms with Gasteiger partial charge in [-0.25, -0.2) is 0 Å². The van der Waals surface area contributed by atoms with Crippen molar-refractivity contribution in [3.05, 3.63) is 0 Å². The Bertz CT molecular complexity index is 267. The Balaban J connectivity index is 1.85. The van der Waals surface area contributed by atoms with Crippen LogP contribution in [0.1, 0.15) is 38.5 Å². The van der Waals surface area contributed by atoms with Crippen LogP contribution in [0.3, 0.4) is 0 Å². The molecule has 2 fully saturated rings. The van der Waals surface area contributed by atoms with Crippen LogP contribution >= 0.6 is 0 Å². The molecule has 0 aromatic heterocycles. The number of nitrogens with one attached hydrogen (secondary N) is 1. The Kier molecular flexibility index (Phi) is 4.05. The van der Waals surface area contributed by atoms with E-state index in [-0.39, 0.29) is 17.6 Å². The summed E-state index contributed by atoms with van der Waals surface area (Å²) in [7, 11) is 4.23. The van der Waals surface area contributed by atoms with E-state index < -0.39 is 0 Å². The van der Waals surface area contributed by atoms with Gasteiger partial charge in [0.25, 0.3) is 0 Å². The van der Waals surface area contributed by atoms with Gasteiger partial charge in [-0.3, -0.25) is 4.79 Å². The van der Waals surface area contributed by atoms with Crippen LogP contribution in [0.2, 0.25) is 0 Å². The van der Waals surface area contributed by atoms with E-state index in [0.29, 0.717) is 0 Å². The minimum Gasteiger partial charge on any atom is -0.368 e. The van der Waals surface area contributed by atoms with Crippen molar-refractivity contribution in [2.45, 2.75) is 50.2 Å². The summed E-state index contributed by atoms with van der Waals surface area (Å²) in [6, 6.07) is 0. The molecular formula is C13H24N2O2. The Hall–Kier alpha value is -0.610. The van der Waals surface area contributed by atoms with Gasteiger partial charge in [0.2, 0.25) is 5.91 Å². The standard InChI is InChI=1S/C13H24N2O2/c1-15(2)13(7-3-4-8-13)10-14-12(16)11-6-5-9-17-11/h11H,3-10H2,1-2H3,(H,14,16)/t11-/m1/s1. The largest absolute Gasteiger partial charge is 0.368 e. The molecular weight excluding hydrogens is 216 g/mol. The van der Waals surface area contributed by atoms with Crippen molar-refractivity contribution in [2.75, 3.05) is 27.2 Å². The number of rotatable bonds is 4. The first-order chi connectivity index (χ1) is 8.14. The summed E-state index contributed by atoms with van der Waals surface area (Å²) >= 11 is 0. The van der Waals surface area contributed by atoms with Gasteiger partial charge in [-0.2, -0.15) is 0 Å². The zero-order valence-corrected chi connectivity index (χ0v) is 11.0. The lowest BCUT2D eigenvalue weighted by Gasteiger charge is -2.36.